The number of hydrogen-bond acceptors (Lipinski definition) is 2. The fraction of sp³-hybridized carbons (Fsp3) is 0.300. The van der Waals surface area contributed by atoms with Crippen LogP contribution in [0.15, 0.2) is 28.7 Å². The van der Waals surface area contributed by atoms with E-state index in [0.29, 0.717) is 12.8 Å². The lowest BCUT2D eigenvalue weighted by Gasteiger charge is -2.09. The van der Waals surface area contributed by atoms with E-state index in [4.69, 9.17) is 11.0 Å². The average Bonchev–Trinajstić information content (AvgIpc) is 2.14. The SMILES string of the molecule is N#CCCC(N)c1cccc(Br)c1. The van der Waals surface area contributed by atoms with E-state index in [1.807, 2.05) is 24.3 Å². The molecular weight excluding hydrogens is 228 g/mol. The molecular formula is C10H11BrN2. The van der Waals surface area contributed by atoms with Crippen molar-refractivity contribution in [2.75, 3.05) is 0 Å². The van der Waals surface area contributed by atoms with Crippen LogP contribution in [-0.4, -0.2) is 0 Å². The number of hydrogen-bond donors (Lipinski definition) is 1. The first-order valence-corrected chi connectivity index (χ1v) is 4.91. The highest BCUT2D eigenvalue weighted by Crippen LogP contribution is 2.19. The Balaban J connectivity index is 2.66. The molecule has 0 aliphatic rings. The Kier molecular flexibility index (Phi) is 3.94. The zero-order chi connectivity index (χ0) is 9.68. The van der Waals surface area contributed by atoms with Gasteiger partial charge in [0, 0.05) is 16.9 Å². The molecule has 0 amide bonds. The van der Waals surface area contributed by atoms with Crippen LogP contribution in [0.25, 0.3) is 0 Å². The van der Waals surface area contributed by atoms with Crippen LogP contribution in [0.3, 0.4) is 0 Å². The predicted molar refractivity (Wildman–Crippen MR) is 55.9 cm³/mol. The van der Waals surface area contributed by atoms with Crippen molar-refractivity contribution in [2.45, 2.75) is 18.9 Å². The summed E-state index contributed by atoms with van der Waals surface area (Å²) >= 11 is 3.38. The highest BCUT2D eigenvalue weighted by atomic mass is 79.9. The lowest BCUT2D eigenvalue weighted by Crippen LogP contribution is -2.09. The number of nitrogens with two attached hydrogens (primary N) is 1. The molecule has 0 bridgehead atoms. The molecule has 3 heteroatoms. The summed E-state index contributed by atoms with van der Waals surface area (Å²) in [7, 11) is 0. The zero-order valence-corrected chi connectivity index (χ0v) is 8.79. The van der Waals surface area contributed by atoms with Crippen molar-refractivity contribution >= 4 is 15.9 Å². The van der Waals surface area contributed by atoms with E-state index in [9.17, 15) is 0 Å². The van der Waals surface area contributed by atoms with Crippen LogP contribution in [-0.2, 0) is 0 Å². The molecule has 13 heavy (non-hydrogen) atoms. The lowest BCUT2D eigenvalue weighted by molar-refractivity contribution is 0.665. The van der Waals surface area contributed by atoms with Gasteiger partial charge in [0.15, 0.2) is 0 Å². The smallest absolute Gasteiger partial charge is 0.0622 e. The summed E-state index contributed by atoms with van der Waals surface area (Å²) in [6.45, 7) is 0. The largest absolute Gasteiger partial charge is 0.324 e. The summed E-state index contributed by atoms with van der Waals surface area (Å²) in [6, 6.07) is 9.94. The summed E-state index contributed by atoms with van der Waals surface area (Å²) in [5.41, 5.74) is 6.95. The van der Waals surface area contributed by atoms with Gasteiger partial charge in [-0.3, -0.25) is 0 Å². The molecule has 0 fully saturated rings. The molecule has 0 radical (unpaired) electrons. The fourth-order valence-corrected chi connectivity index (χ4v) is 1.54. The molecule has 0 aliphatic carbocycles. The van der Waals surface area contributed by atoms with E-state index < -0.39 is 0 Å². The highest BCUT2D eigenvalue weighted by Gasteiger charge is 2.04. The first-order chi connectivity index (χ1) is 6.24. The molecule has 0 saturated carbocycles. The molecule has 1 aromatic carbocycles. The van der Waals surface area contributed by atoms with E-state index in [-0.39, 0.29) is 6.04 Å². The Morgan fingerprint density at radius 3 is 2.92 bits per heavy atom. The van der Waals surface area contributed by atoms with Gasteiger partial charge in [-0.05, 0) is 24.1 Å². The van der Waals surface area contributed by atoms with E-state index in [1.165, 1.54) is 0 Å². The third-order valence-electron chi connectivity index (χ3n) is 1.84. The first kappa shape index (κ1) is 10.2. The van der Waals surface area contributed by atoms with Crippen LogP contribution in [0, 0.1) is 11.3 Å². The fourth-order valence-electron chi connectivity index (χ4n) is 1.12. The van der Waals surface area contributed by atoms with Gasteiger partial charge in [-0.15, -0.1) is 0 Å². The molecule has 68 valence electrons. The molecule has 2 N–H and O–H groups in total. The Hall–Kier alpha value is -0.850. The third-order valence-corrected chi connectivity index (χ3v) is 2.34. The number of rotatable bonds is 3. The summed E-state index contributed by atoms with van der Waals surface area (Å²) in [5, 5.41) is 8.40. The van der Waals surface area contributed by atoms with Gasteiger partial charge in [0.25, 0.3) is 0 Å². The standard InChI is InChI=1S/C10H11BrN2/c11-9-4-1-3-8(7-9)10(13)5-2-6-12/h1,3-4,7,10H,2,5,13H2. The lowest BCUT2D eigenvalue weighted by atomic mass is 10.0. The maximum absolute atomic E-state index is 8.40. The molecule has 1 rings (SSSR count). The Bertz CT molecular complexity index is 317. The molecule has 0 saturated heterocycles. The van der Waals surface area contributed by atoms with E-state index in [1.54, 1.807) is 0 Å². The monoisotopic (exact) mass is 238 g/mol. The number of halogens is 1. The second kappa shape index (κ2) is 5.00. The minimum Gasteiger partial charge on any atom is -0.324 e. The highest BCUT2D eigenvalue weighted by molar-refractivity contribution is 9.10. The van der Waals surface area contributed by atoms with Gasteiger partial charge in [0.1, 0.15) is 0 Å². The van der Waals surface area contributed by atoms with E-state index >= 15 is 0 Å². The second-order valence-corrected chi connectivity index (χ2v) is 3.77. The van der Waals surface area contributed by atoms with Gasteiger partial charge in [-0.1, -0.05) is 28.1 Å². The maximum atomic E-state index is 8.40. The summed E-state index contributed by atoms with van der Waals surface area (Å²) in [5.74, 6) is 0. The molecule has 0 aromatic heterocycles. The number of nitriles is 1. The van der Waals surface area contributed by atoms with Crippen molar-refractivity contribution < 1.29 is 0 Å². The third kappa shape index (κ3) is 3.17. The number of nitrogens with zero attached hydrogens (tertiary/aromatic N) is 1. The molecule has 1 atom stereocenters. The van der Waals surface area contributed by atoms with Crippen LogP contribution < -0.4 is 5.73 Å². The van der Waals surface area contributed by atoms with Crippen LogP contribution in [0.2, 0.25) is 0 Å². The van der Waals surface area contributed by atoms with E-state index in [0.717, 1.165) is 10.0 Å². The van der Waals surface area contributed by atoms with E-state index in [2.05, 4.69) is 22.0 Å². The van der Waals surface area contributed by atoms with Crippen molar-refractivity contribution in [1.29, 1.82) is 5.26 Å². The van der Waals surface area contributed by atoms with Crippen molar-refractivity contribution in [1.82, 2.24) is 0 Å². The molecule has 1 unspecified atom stereocenters. The molecule has 0 spiro atoms. The average molecular weight is 239 g/mol. The van der Waals surface area contributed by atoms with Crippen molar-refractivity contribution in [2.24, 2.45) is 5.73 Å². The normalized spacial score (nSPS) is 12.1. The molecule has 0 heterocycles. The topological polar surface area (TPSA) is 49.8 Å². The van der Waals surface area contributed by atoms with Crippen LogP contribution >= 0.6 is 15.9 Å². The zero-order valence-electron chi connectivity index (χ0n) is 7.20. The van der Waals surface area contributed by atoms with Crippen molar-refractivity contribution in [3.63, 3.8) is 0 Å². The summed E-state index contributed by atoms with van der Waals surface area (Å²) in [4.78, 5) is 0. The quantitative estimate of drug-likeness (QED) is 0.881. The van der Waals surface area contributed by atoms with Gasteiger partial charge in [-0.25, -0.2) is 0 Å². The Labute approximate surface area is 86.5 Å². The summed E-state index contributed by atoms with van der Waals surface area (Å²) in [6.07, 6.45) is 1.22. The van der Waals surface area contributed by atoms with Crippen LogP contribution in [0.4, 0.5) is 0 Å². The second-order valence-electron chi connectivity index (χ2n) is 2.86. The van der Waals surface area contributed by atoms with Gasteiger partial charge >= 0.3 is 0 Å². The molecule has 0 aliphatic heterocycles. The van der Waals surface area contributed by atoms with Gasteiger partial charge in [0.05, 0.1) is 6.07 Å². The predicted octanol–water partition coefficient (Wildman–Crippen LogP) is 2.75. The Morgan fingerprint density at radius 1 is 1.54 bits per heavy atom. The minimum absolute atomic E-state index is 0.0304. The first-order valence-electron chi connectivity index (χ1n) is 4.12. The maximum Gasteiger partial charge on any atom is 0.0622 e. The van der Waals surface area contributed by atoms with Crippen molar-refractivity contribution in [3.8, 4) is 6.07 Å². The Morgan fingerprint density at radius 2 is 2.31 bits per heavy atom. The van der Waals surface area contributed by atoms with Gasteiger partial charge < -0.3 is 5.73 Å². The van der Waals surface area contributed by atoms with Crippen LogP contribution in [0.1, 0.15) is 24.4 Å². The molecule has 2 nitrogen and oxygen atoms in total. The van der Waals surface area contributed by atoms with Crippen molar-refractivity contribution in [3.05, 3.63) is 34.3 Å². The molecule has 1 aromatic rings. The van der Waals surface area contributed by atoms with Gasteiger partial charge in [0.2, 0.25) is 0 Å². The van der Waals surface area contributed by atoms with Gasteiger partial charge in [-0.2, -0.15) is 5.26 Å². The van der Waals surface area contributed by atoms with Crippen LogP contribution in [0.5, 0.6) is 0 Å². The summed E-state index contributed by atoms with van der Waals surface area (Å²) < 4.78 is 1.03. The number of benzene rings is 1. The minimum atomic E-state index is -0.0304.